The van der Waals surface area contributed by atoms with Gasteiger partial charge >= 0.3 is 0 Å². The minimum Gasteiger partial charge on any atom is -0.325 e. The summed E-state index contributed by atoms with van der Waals surface area (Å²) in [5, 5.41) is 0. The van der Waals surface area contributed by atoms with Crippen molar-refractivity contribution in [1.82, 2.24) is 9.97 Å². The second-order valence-electron chi connectivity index (χ2n) is 4.77. The van der Waals surface area contributed by atoms with Crippen molar-refractivity contribution in [1.29, 1.82) is 0 Å². The normalized spacial score (nSPS) is 12.6. The van der Waals surface area contributed by atoms with Crippen LogP contribution in [0.2, 0.25) is 0 Å². The summed E-state index contributed by atoms with van der Waals surface area (Å²) in [5.74, 6) is -0.0805. The standard InChI is InChI=1S/C11H17N3O/c1-10(2,11(3,4)12)9(15)8-7-13-5-6-14-8/h5-7H,12H2,1-4H3. The molecule has 1 aromatic heterocycles. The minimum atomic E-state index is -0.664. The molecule has 0 fully saturated rings. The summed E-state index contributed by atoms with van der Waals surface area (Å²) in [6.07, 6.45) is 4.51. The van der Waals surface area contributed by atoms with Gasteiger partial charge in [0.2, 0.25) is 0 Å². The second-order valence-corrected chi connectivity index (χ2v) is 4.77. The number of Topliss-reactive ketones (excluding diaryl/α,β-unsaturated/α-hetero) is 1. The molecule has 0 bridgehead atoms. The molecule has 1 rings (SSSR count). The fraction of sp³-hybridized carbons (Fsp3) is 0.545. The van der Waals surface area contributed by atoms with E-state index in [-0.39, 0.29) is 5.78 Å². The molecular formula is C11H17N3O. The molecule has 4 heteroatoms. The second kappa shape index (κ2) is 3.70. The highest BCUT2D eigenvalue weighted by molar-refractivity contribution is 5.99. The van der Waals surface area contributed by atoms with Crippen molar-refractivity contribution in [2.24, 2.45) is 11.1 Å². The fourth-order valence-corrected chi connectivity index (χ4v) is 1.03. The van der Waals surface area contributed by atoms with E-state index in [1.165, 1.54) is 18.6 Å². The number of nitrogens with two attached hydrogens (primary N) is 1. The molecule has 15 heavy (non-hydrogen) atoms. The summed E-state index contributed by atoms with van der Waals surface area (Å²) in [6, 6.07) is 0. The molecule has 0 aromatic carbocycles. The summed E-state index contributed by atoms with van der Waals surface area (Å²) in [7, 11) is 0. The molecule has 0 saturated heterocycles. The van der Waals surface area contributed by atoms with Gasteiger partial charge in [-0.3, -0.25) is 9.78 Å². The van der Waals surface area contributed by atoms with Gasteiger partial charge in [-0.05, 0) is 13.8 Å². The van der Waals surface area contributed by atoms with E-state index in [4.69, 9.17) is 5.73 Å². The maximum absolute atomic E-state index is 12.1. The molecule has 1 heterocycles. The molecule has 0 radical (unpaired) electrons. The van der Waals surface area contributed by atoms with E-state index in [0.717, 1.165) is 0 Å². The number of aromatic nitrogens is 2. The van der Waals surface area contributed by atoms with Gasteiger partial charge in [0, 0.05) is 23.3 Å². The molecule has 0 aliphatic carbocycles. The van der Waals surface area contributed by atoms with Crippen LogP contribution in [-0.4, -0.2) is 21.3 Å². The highest BCUT2D eigenvalue weighted by Crippen LogP contribution is 2.31. The smallest absolute Gasteiger partial charge is 0.190 e. The monoisotopic (exact) mass is 207 g/mol. The van der Waals surface area contributed by atoms with Gasteiger partial charge in [0.05, 0.1) is 6.20 Å². The molecular weight excluding hydrogens is 190 g/mol. The third-order valence-electron chi connectivity index (χ3n) is 2.97. The third kappa shape index (κ3) is 2.21. The highest BCUT2D eigenvalue weighted by Gasteiger charge is 2.41. The van der Waals surface area contributed by atoms with Crippen molar-refractivity contribution in [2.45, 2.75) is 33.2 Å². The van der Waals surface area contributed by atoms with Crippen LogP contribution >= 0.6 is 0 Å². The van der Waals surface area contributed by atoms with Crippen LogP contribution in [0.3, 0.4) is 0 Å². The Labute approximate surface area is 89.9 Å². The summed E-state index contributed by atoms with van der Waals surface area (Å²) in [4.78, 5) is 20.0. The topological polar surface area (TPSA) is 68.9 Å². The molecule has 0 spiro atoms. The molecule has 0 atom stereocenters. The third-order valence-corrected chi connectivity index (χ3v) is 2.97. The quantitative estimate of drug-likeness (QED) is 0.761. The van der Waals surface area contributed by atoms with Gasteiger partial charge in [0.25, 0.3) is 0 Å². The molecule has 0 aliphatic heterocycles. The van der Waals surface area contributed by atoms with Crippen LogP contribution in [0.25, 0.3) is 0 Å². The summed E-state index contributed by atoms with van der Waals surface area (Å²) in [6.45, 7) is 7.32. The number of carbonyl (C=O) groups is 1. The Morgan fingerprint density at radius 3 is 2.27 bits per heavy atom. The van der Waals surface area contributed by atoms with E-state index in [2.05, 4.69) is 9.97 Å². The molecule has 2 N–H and O–H groups in total. The summed E-state index contributed by atoms with van der Waals surface area (Å²) in [5.41, 5.74) is 5.09. The van der Waals surface area contributed by atoms with Crippen LogP contribution in [0, 0.1) is 5.41 Å². The van der Waals surface area contributed by atoms with Gasteiger partial charge in [-0.25, -0.2) is 4.98 Å². The Kier molecular flexibility index (Phi) is 2.90. The first-order valence-corrected chi connectivity index (χ1v) is 4.86. The molecule has 82 valence electrons. The van der Waals surface area contributed by atoms with E-state index >= 15 is 0 Å². The van der Waals surface area contributed by atoms with Gasteiger partial charge < -0.3 is 5.73 Å². The van der Waals surface area contributed by atoms with E-state index < -0.39 is 11.0 Å². The Balaban J connectivity index is 3.06. The Morgan fingerprint density at radius 2 is 1.87 bits per heavy atom. The molecule has 0 unspecified atom stereocenters. The number of nitrogens with zero attached hydrogens (tertiary/aromatic N) is 2. The molecule has 0 aliphatic rings. The van der Waals surface area contributed by atoms with Crippen molar-refractivity contribution in [2.75, 3.05) is 0 Å². The first-order chi connectivity index (χ1) is 6.77. The van der Waals surface area contributed by atoms with Crippen molar-refractivity contribution in [3.63, 3.8) is 0 Å². The van der Waals surface area contributed by atoms with Crippen molar-refractivity contribution >= 4 is 5.78 Å². The summed E-state index contributed by atoms with van der Waals surface area (Å²) < 4.78 is 0. The van der Waals surface area contributed by atoms with Gasteiger partial charge in [0.15, 0.2) is 5.78 Å². The largest absolute Gasteiger partial charge is 0.325 e. The Morgan fingerprint density at radius 1 is 1.27 bits per heavy atom. The number of ketones is 1. The van der Waals surface area contributed by atoms with Gasteiger partial charge in [-0.15, -0.1) is 0 Å². The zero-order chi connectivity index (χ0) is 11.7. The average molecular weight is 207 g/mol. The van der Waals surface area contributed by atoms with E-state index in [1.807, 2.05) is 27.7 Å². The molecule has 0 amide bonds. The fourth-order valence-electron chi connectivity index (χ4n) is 1.03. The van der Waals surface area contributed by atoms with Crippen LogP contribution in [0.5, 0.6) is 0 Å². The van der Waals surface area contributed by atoms with Crippen LogP contribution in [-0.2, 0) is 0 Å². The van der Waals surface area contributed by atoms with Gasteiger partial charge in [0.1, 0.15) is 5.69 Å². The molecule has 0 saturated carbocycles. The minimum absolute atomic E-state index is 0.0805. The number of hydrogen-bond acceptors (Lipinski definition) is 4. The van der Waals surface area contributed by atoms with E-state index in [1.54, 1.807) is 0 Å². The van der Waals surface area contributed by atoms with Gasteiger partial charge in [-0.1, -0.05) is 13.8 Å². The van der Waals surface area contributed by atoms with E-state index in [9.17, 15) is 4.79 Å². The van der Waals surface area contributed by atoms with Crippen LogP contribution in [0.4, 0.5) is 0 Å². The zero-order valence-corrected chi connectivity index (χ0v) is 9.61. The SMILES string of the molecule is CC(C)(N)C(C)(C)C(=O)c1cnccn1. The number of hydrogen-bond donors (Lipinski definition) is 1. The predicted molar refractivity (Wildman–Crippen MR) is 58.4 cm³/mol. The van der Waals surface area contributed by atoms with Gasteiger partial charge in [-0.2, -0.15) is 0 Å². The summed E-state index contributed by atoms with van der Waals surface area (Å²) >= 11 is 0. The Hall–Kier alpha value is -1.29. The van der Waals surface area contributed by atoms with Crippen LogP contribution < -0.4 is 5.73 Å². The van der Waals surface area contributed by atoms with Crippen molar-refractivity contribution < 1.29 is 4.79 Å². The molecule has 4 nitrogen and oxygen atoms in total. The lowest BCUT2D eigenvalue weighted by molar-refractivity contribution is 0.0728. The van der Waals surface area contributed by atoms with Crippen molar-refractivity contribution in [3.05, 3.63) is 24.3 Å². The van der Waals surface area contributed by atoms with Crippen LogP contribution in [0.15, 0.2) is 18.6 Å². The van der Waals surface area contributed by atoms with Crippen LogP contribution in [0.1, 0.15) is 38.2 Å². The van der Waals surface area contributed by atoms with Crippen molar-refractivity contribution in [3.8, 4) is 0 Å². The number of rotatable bonds is 3. The zero-order valence-electron chi connectivity index (χ0n) is 9.61. The lowest BCUT2D eigenvalue weighted by atomic mass is 9.71. The highest BCUT2D eigenvalue weighted by atomic mass is 16.1. The van der Waals surface area contributed by atoms with E-state index in [0.29, 0.717) is 5.69 Å². The molecule has 1 aromatic rings. The lowest BCUT2D eigenvalue weighted by Gasteiger charge is -2.36. The lowest BCUT2D eigenvalue weighted by Crippen LogP contribution is -2.52. The first kappa shape index (κ1) is 11.8. The number of carbonyl (C=O) groups excluding carboxylic acids is 1. The Bertz CT molecular complexity index is 352. The maximum atomic E-state index is 12.1. The predicted octanol–water partition coefficient (Wildman–Crippen LogP) is 1.42. The average Bonchev–Trinajstić information content (AvgIpc) is 2.16. The maximum Gasteiger partial charge on any atom is 0.190 e. The first-order valence-electron chi connectivity index (χ1n) is 4.86.